The van der Waals surface area contributed by atoms with Crippen molar-refractivity contribution in [1.82, 2.24) is 15.3 Å². The van der Waals surface area contributed by atoms with Crippen LogP contribution in [0.15, 0.2) is 48.5 Å². The maximum absolute atomic E-state index is 12.1. The summed E-state index contributed by atoms with van der Waals surface area (Å²) in [6.45, 7) is 4.92. The zero-order valence-electron chi connectivity index (χ0n) is 16.2. The first-order chi connectivity index (χ1) is 13.6. The third-order valence-electron chi connectivity index (χ3n) is 4.60. The average Bonchev–Trinajstić information content (AvgIpc) is 2.69. The van der Waals surface area contributed by atoms with Crippen LogP contribution in [-0.4, -0.2) is 48.6 Å². The maximum Gasteiger partial charge on any atom is 0.234 e. The molecule has 0 saturated carbocycles. The predicted molar refractivity (Wildman–Crippen MR) is 120 cm³/mol. The molecule has 0 bridgehead atoms. The van der Waals surface area contributed by atoms with Crippen LogP contribution in [-0.2, 0) is 11.3 Å². The number of hydrazine groups is 1. The summed E-state index contributed by atoms with van der Waals surface area (Å²) >= 11 is 11.9. The van der Waals surface area contributed by atoms with Crippen molar-refractivity contribution in [3.8, 4) is 5.75 Å². The van der Waals surface area contributed by atoms with Gasteiger partial charge in [-0.05, 0) is 30.2 Å². The number of nitrogens with zero attached hydrogens (tertiary/aromatic N) is 2. The van der Waals surface area contributed by atoms with Gasteiger partial charge in [0.05, 0.1) is 11.6 Å². The van der Waals surface area contributed by atoms with E-state index in [2.05, 4.69) is 34.6 Å². The molecule has 1 heterocycles. The lowest BCUT2D eigenvalue weighted by molar-refractivity contribution is -0.127. The number of rotatable bonds is 8. The fourth-order valence-corrected chi connectivity index (χ4v) is 3.56. The number of piperazine rings is 1. The minimum atomic E-state index is 0. The summed E-state index contributed by atoms with van der Waals surface area (Å²) in [5.74, 6) is 0.600. The van der Waals surface area contributed by atoms with Crippen LogP contribution in [0.3, 0.4) is 0 Å². The van der Waals surface area contributed by atoms with Crippen LogP contribution in [0, 0.1) is 0 Å². The summed E-state index contributed by atoms with van der Waals surface area (Å²) in [6.07, 6.45) is 1.04. The molecule has 0 atom stereocenters. The molecule has 1 amide bonds. The summed E-state index contributed by atoms with van der Waals surface area (Å²) in [4.78, 5) is 14.5. The first kappa shape index (κ1) is 23.8. The van der Waals surface area contributed by atoms with Gasteiger partial charge in [0.15, 0.2) is 0 Å². The molecule has 1 saturated heterocycles. The Kier molecular flexibility index (Phi) is 10.0. The molecule has 29 heavy (non-hydrogen) atoms. The molecule has 2 aromatic rings. The first-order valence-electron chi connectivity index (χ1n) is 9.49. The maximum atomic E-state index is 12.1. The molecule has 2 aromatic carbocycles. The highest BCUT2D eigenvalue weighted by Crippen LogP contribution is 2.27. The van der Waals surface area contributed by atoms with Crippen molar-refractivity contribution < 1.29 is 9.53 Å². The molecule has 1 aliphatic heterocycles. The van der Waals surface area contributed by atoms with Crippen LogP contribution in [0.4, 0.5) is 0 Å². The van der Waals surface area contributed by atoms with Gasteiger partial charge in [-0.3, -0.25) is 15.1 Å². The highest BCUT2D eigenvalue weighted by Gasteiger charge is 2.18. The number of hydrogen-bond donors (Lipinski definition) is 1. The molecule has 5 nitrogen and oxygen atoms in total. The van der Waals surface area contributed by atoms with E-state index in [9.17, 15) is 4.79 Å². The third-order valence-corrected chi connectivity index (χ3v) is 5.13. The van der Waals surface area contributed by atoms with Crippen LogP contribution in [0.25, 0.3) is 0 Å². The Labute approximate surface area is 188 Å². The molecule has 8 heteroatoms. The van der Waals surface area contributed by atoms with Crippen LogP contribution in [0.2, 0.25) is 10.0 Å². The van der Waals surface area contributed by atoms with Crippen molar-refractivity contribution in [3.05, 3.63) is 64.1 Å². The van der Waals surface area contributed by atoms with Crippen LogP contribution >= 0.6 is 35.6 Å². The van der Waals surface area contributed by atoms with Gasteiger partial charge in [-0.2, -0.15) is 0 Å². The lowest BCUT2D eigenvalue weighted by atomic mass is 10.2. The Morgan fingerprint density at radius 1 is 1.03 bits per heavy atom. The van der Waals surface area contributed by atoms with E-state index in [0.29, 0.717) is 35.2 Å². The van der Waals surface area contributed by atoms with Gasteiger partial charge in [-0.25, -0.2) is 5.01 Å². The second-order valence-electron chi connectivity index (χ2n) is 6.81. The minimum Gasteiger partial charge on any atom is -0.492 e. The van der Waals surface area contributed by atoms with E-state index in [1.807, 2.05) is 11.1 Å². The van der Waals surface area contributed by atoms with E-state index < -0.39 is 0 Å². The molecule has 158 valence electrons. The molecular formula is C21H26Cl3N3O2. The van der Waals surface area contributed by atoms with E-state index in [1.165, 1.54) is 5.56 Å². The minimum absolute atomic E-state index is 0. The second-order valence-corrected chi connectivity index (χ2v) is 7.65. The van der Waals surface area contributed by atoms with E-state index in [-0.39, 0.29) is 18.3 Å². The zero-order chi connectivity index (χ0) is 19.8. The molecule has 3 rings (SSSR count). The fourth-order valence-electron chi connectivity index (χ4n) is 3.10. The number of hydrogen-bond acceptors (Lipinski definition) is 4. The van der Waals surface area contributed by atoms with Gasteiger partial charge in [-0.15, -0.1) is 12.4 Å². The monoisotopic (exact) mass is 457 g/mol. The molecule has 0 aromatic heterocycles. The van der Waals surface area contributed by atoms with Gasteiger partial charge < -0.3 is 4.74 Å². The van der Waals surface area contributed by atoms with E-state index in [1.54, 1.807) is 18.2 Å². The highest BCUT2D eigenvalue weighted by atomic mass is 35.5. The van der Waals surface area contributed by atoms with Gasteiger partial charge in [0.25, 0.3) is 0 Å². The molecule has 0 radical (unpaired) electrons. The van der Waals surface area contributed by atoms with Gasteiger partial charge in [-0.1, -0.05) is 53.5 Å². The lowest BCUT2D eigenvalue weighted by Gasteiger charge is -2.34. The van der Waals surface area contributed by atoms with Crippen LogP contribution < -0.4 is 10.2 Å². The van der Waals surface area contributed by atoms with Crippen molar-refractivity contribution >= 4 is 41.5 Å². The number of halogens is 3. The second kappa shape index (κ2) is 12.3. The Hall–Kier alpha value is -1.50. The zero-order valence-corrected chi connectivity index (χ0v) is 18.5. The van der Waals surface area contributed by atoms with Gasteiger partial charge in [0, 0.05) is 44.2 Å². The number of carbonyl (C=O) groups excluding carboxylic acids is 1. The number of amides is 1. The number of carbonyl (C=O) groups is 1. The SMILES string of the molecule is Cl.O=C(CCCOc1ccc(Cl)cc1Cl)NN1CCN(Cc2ccccc2)CC1. The van der Waals surface area contributed by atoms with Gasteiger partial charge in [0.1, 0.15) is 5.75 Å². The van der Waals surface area contributed by atoms with Crippen LogP contribution in [0.5, 0.6) is 5.75 Å². The van der Waals surface area contributed by atoms with Crippen molar-refractivity contribution in [2.24, 2.45) is 0 Å². The Balaban J connectivity index is 0.00000300. The molecular weight excluding hydrogens is 433 g/mol. The highest BCUT2D eigenvalue weighted by molar-refractivity contribution is 6.35. The average molecular weight is 459 g/mol. The Morgan fingerprint density at radius 3 is 2.45 bits per heavy atom. The van der Waals surface area contributed by atoms with E-state index in [0.717, 1.165) is 32.7 Å². The summed E-state index contributed by atoms with van der Waals surface area (Å²) in [5, 5.41) is 3.05. The van der Waals surface area contributed by atoms with Crippen LogP contribution in [0.1, 0.15) is 18.4 Å². The summed E-state index contributed by atoms with van der Waals surface area (Å²) in [5.41, 5.74) is 4.31. The third kappa shape index (κ3) is 8.03. The molecule has 1 N–H and O–H groups in total. The fraction of sp³-hybridized carbons (Fsp3) is 0.381. The largest absolute Gasteiger partial charge is 0.492 e. The quantitative estimate of drug-likeness (QED) is 0.595. The molecule has 0 spiro atoms. The number of benzene rings is 2. The summed E-state index contributed by atoms with van der Waals surface area (Å²) in [7, 11) is 0. The van der Waals surface area contributed by atoms with Crippen molar-refractivity contribution in [2.75, 3.05) is 32.8 Å². The van der Waals surface area contributed by atoms with Gasteiger partial charge >= 0.3 is 0 Å². The topological polar surface area (TPSA) is 44.8 Å². The lowest BCUT2D eigenvalue weighted by Crippen LogP contribution is -2.53. The normalized spacial score (nSPS) is 14.8. The van der Waals surface area contributed by atoms with Crippen molar-refractivity contribution in [2.45, 2.75) is 19.4 Å². The molecule has 1 fully saturated rings. The standard InChI is InChI=1S/C21H25Cl2N3O2.ClH/c22-18-8-9-20(19(23)15-18)28-14-4-7-21(27)24-26-12-10-25(11-13-26)16-17-5-2-1-3-6-17;/h1-3,5-6,8-9,15H,4,7,10-14,16H2,(H,24,27);1H. The molecule has 1 aliphatic rings. The molecule has 0 aliphatic carbocycles. The van der Waals surface area contributed by atoms with E-state index >= 15 is 0 Å². The number of ether oxygens (including phenoxy) is 1. The van der Waals surface area contributed by atoms with Gasteiger partial charge in [0.2, 0.25) is 5.91 Å². The summed E-state index contributed by atoms with van der Waals surface area (Å²) < 4.78 is 5.61. The van der Waals surface area contributed by atoms with Crippen molar-refractivity contribution in [1.29, 1.82) is 0 Å². The number of nitrogens with one attached hydrogen (secondary N) is 1. The first-order valence-corrected chi connectivity index (χ1v) is 10.2. The smallest absolute Gasteiger partial charge is 0.234 e. The molecule has 0 unspecified atom stereocenters. The van der Waals surface area contributed by atoms with Crippen molar-refractivity contribution in [3.63, 3.8) is 0 Å². The predicted octanol–water partition coefficient (Wildman–Crippen LogP) is 4.42. The van der Waals surface area contributed by atoms with E-state index in [4.69, 9.17) is 27.9 Å². The summed E-state index contributed by atoms with van der Waals surface area (Å²) in [6, 6.07) is 15.6. The Morgan fingerprint density at radius 2 is 1.76 bits per heavy atom. The Bertz CT molecular complexity index is 769.